The molecule has 6 heteroatoms. The van der Waals surface area contributed by atoms with Gasteiger partial charge in [-0.05, 0) is 43.0 Å². The summed E-state index contributed by atoms with van der Waals surface area (Å²) in [5, 5.41) is 3.79. The number of rotatable bonds is 5. The fraction of sp³-hybridized carbons (Fsp3) is 0.368. The number of hydrogen-bond donors (Lipinski definition) is 1. The Morgan fingerprint density at radius 3 is 2.64 bits per heavy atom. The Labute approximate surface area is 151 Å². The van der Waals surface area contributed by atoms with E-state index in [9.17, 15) is 9.18 Å². The zero-order valence-corrected chi connectivity index (χ0v) is 14.5. The van der Waals surface area contributed by atoms with Gasteiger partial charge in [0.1, 0.15) is 0 Å². The highest BCUT2D eigenvalue weighted by atomic mass is 35.5. The summed E-state index contributed by atoms with van der Waals surface area (Å²) < 4.78 is 14.0. The average Bonchev–Trinajstić information content (AvgIpc) is 3.37. The molecule has 25 heavy (non-hydrogen) atoms. The summed E-state index contributed by atoms with van der Waals surface area (Å²) in [4.78, 5) is 18.6. The van der Waals surface area contributed by atoms with Gasteiger partial charge in [-0.1, -0.05) is 23.7 Å². The molecule has 4 nitrogen and oxygen atoms in total. The van der Waals surface area contributed by atoms with Crippen LogP contribution in [0.15, 0.2) is 42.7 Å². The number of anilines is 1. The number of carbonyl (C=O) groups is 1. The van der Waals surface area contributed by atoms with Crippen LogP contribution in [-0.2, 0) is 11.2 Å². The van der Waals surface area contributed by atoms with E-state index in [4.69, 9.17) is 11.6 Å². The zero-order chi connectivity index (χ0) is 17.4. The largest absolute Gasteiger partial charge is 0.367 e. The summed E-state index contributed by atoms with van der Waals surface area (Å²) in [5.41, 5.74) is 1.03. The Morgan fingerprint density at radius 2 is 2.00 bits per heavy atom. The van der Waals surface area contributed by atoms with Gasteiger partial charge in [0, 0.05) is 30.4 Å². The first-order valence-electron chi connectivity index (χ1n) is 8.46. The molecule has 1 aliphatic carbocycles. The van der Waals surface area contributed by atoms with Crippen LogP contribution in [0.3, 0.4) is 0 Å². The molecule has 0 unspecified atom stereocenters. The van der Waals surface area contributed by atoms with Crippen LogP contribution in [0.4, 0.5) is 10.1 Å². The fourth-order valence-corrected chi connectivity index (χ4v) is 3.50. The predicted molar refractivity (Wildman–Crippen MR) is 95.2 cm³/mol. The number of aromatic nitrogens is 1. The fourth-order valence-electron chi connectivity index (χ4n) is 3.37. The lowest BCUT2D eigenvalue weighted by atomic mass is 9.73. The zero-order valence-electron chi connectivity index (χ0n) is 13.7. The van der Waals surface area contributed by atoms with Gasteiger partial charge in [0.05, 0.1) is 17.3 Å². The van der Waals surface area contributed by atoms with Crippen LogP contribution in [0.5, 0.6) is 0 Å². The van der Waals surface area contributed by atoms with Crippen molar-refractivity contribution >= 4 is 23.2 Å². The van der Waals surface area contributed by atoms with Crippen LogP contribution in [0.1, 0.15) is 18.4 Å². The first-order chi connectivity index (χ1) is 12.1. The SMILES string of the molecule is O=C(NC1CC1)C1(Cc2ccc(Cl)cc2)CN(c2ccncc2F)C1. The second-order valence-corrected chi connectivity index (χ2v) is 7.45. The number of carbonyl (C=O) groups excluding carboxylic acids is 1. The lowest BCUT2D eigenvalue weighted by Gasteiger charge is -2.50. The monoisotopic (exact) mass is 359 g/mol. The van der Waals surface area contributed by atoms with E-state index in [0.29, 0.717) is 36.3 Å². The van der Waals surface area contributed by atoms with Crippen molar-refractivity contribution in [3.05, 3.63) is 59.1 Å². The van der Waals surface area contributed by atoms with E-state index in [1.807, 2.05) is 29.2 Å². The minimum atomic E-state index is -0.536. The van der Waals surface area contributed by atoms with E-state index in [1.54, 1.807) is 12.3 Å². The van der Waals surface area contributed by atoms with E-state index >= 15 is 0 Å². The van der Waals surface area contributed by atoms with Crippen LogP contribution >= 0.6 is 11.6 Å². The van der Waals surface area contributed by atoms with Crippen molar-refractivity contribution in [1.29, 1.82) is 0 Å². The number of benzene rings is 1. The van der Waals surface area contributed by atoms with Gasteiger partial charge < -0.3 is 10.2 Å². The van der Waals surface area contributed by atoms with E-state index in [2.05, 4.69) is 10.3 Å². The van der Waals surface area contributed by atoms with Crippen molar-refractivity contribution in [3.63, 3.8) is 0 Å². The number of halogens is 2. The summed E-state index contributed by atoms with van der Waals surface area (Å²) in [6.07, 6.45) is 5.49. The predicted octanol–water partition coefficient (Wildman–Crippen LogP) is 3.20. The van der Waals surface area contributed by atoms with Crippen LogP contribution in [0, 0.1) is 11.2 Å². The Morgan fingerprint density at radius 1 is 1.28 bits per heavy atom. The van der Waals surface area contributed by atoms with Crippen LogP contribution in [0.25, 0.3) is 0 Å². The van der Waals surface area contributed by atoms with Gasteiger partial charge in [-0.2, -0.15) is 0 Å². The van der Waals surface area contributed by atoms with Gasteiger partial charge in [-0.25, -0.2) is 4.39 Å². The first-order valence-corrected chi connectivity index (χ1v) is 8.83. The highest BCUT2D eigenvalue weighted by Gasteiger charge is 2.50. The molecule has 4 rings (SSSR count). The first kappa shape index (κ1) is 16.3. The maximum absolute atomic E-state index is 14.0. The number of pyridine rings is 1. The van der Waals surface area contributed by atoms with Crippen molar-refractivity contribution in [1.82, 2.24) is 10.3 Å². The smallest absolute Gasteiger partial charge is 0.230 e. The van der Waals surface area contributed by atoms with Crippen molar-refractivity contribution in [2.24, 2.45) is 5.41 Å². The normalized spacial score (nSPS) is 18.6. The maximum atomic E-state index is 14.0. The van der Waals surface area contributed by atoms with E-state index in [1.165, 1.54) is 6.20 Å². The standard InChI is InChI=1S/C19H19ClFN3O/c20-14-3-1-13(2-4-14)9-19(18(25)23-15-5-6-15)11-24(12-19)17-7-8-22-10-16(17)21/h1-4,7-8,10,15H,5-6,9,11-12H2,(H,23,25). The lowest BCUT2D eigenvalue weighted by molar-refractivity contribution is -0.132. The third-order valence-corrected chi connectivity index (χ3v) is 5.18. The van der Waals surface area contributed by atoms with Gasteiger partial charge in [0.15, 0.2) is 5.82 Å². The molecule has 2 heterocycles. The average molecular weight is 360 g/mol. The number of nitrogens with zero attached hydrogens (tertiary/aromatic N) is 2. The summed E-state index contributed by atoms with van der Waals surface area (Å²) in [7, 11) is 0. The highest BCUT2D eigenvalue weighted by molar-refractivity contribution is 6.30. The van der Waals surface area contributed by atoms with Crippen LogP contribution in [-0.4, -0.2) is 30.0 Å². The van der Waals surface area contributed by atoms with Crippen LogP contribution in [0.2, 0.25) is 5.02 Å². The minimum Gasteiger partial charge on any atom is -0.367 e. The Hall–Kier alpha value is -2.14. The van der Waals surface area contributed by atoms with E-state index in [-0.39, 0.29) is 11.7 Å². The number of nitrogens with one attached hydrogen (secondary N) is 1. The Bertz CT molecular complexity index is 786. The van der Waals surface area contributed by atoms with Gasteiger partial charge in [-0.15, -0.1) is 0 Å². The molecule has 0 radical (unpaired) electrons. The minimum absolute atomic E-state index is 0.0654. The second-order valence-electron chi connectivity index (χ2n) is 7.01. The lowest BCUT2D eigenvalue weighted by Crippen LogP contribution is -2.65. The van der Waals surface area contributed by atoms with E-state index < -0.39 is 5.41 Å². The third-order valence-electron chi connectivity index (χ3n) is 4.93. The van der Waals surface area contributed by atoms with Gasteiger partial charge in [-0.3, -0.25) is 9.78 Å². The molecule has 1 aromatic heterocycles. The molecule has 130 valence electrons. The molecule has 0 atom stereocenters. The molecule has 1 N–H and O–H groups in total. The summed E-state index contributed by atoms with van der Waals surface area (Å²) >= 11 is 5.96. The molecule has 2 aliphatic rings. The topological polar surface area (TPSA) is 45.2 Å². The molecule has 1 amide bonds. The third kappa shape index (κ3) is 3.33. The van der Waals surface area contributed by atoms with Gasteiger partial charge in [0.2, 0.25) is 5.91 Å². The van der Waals surface area contributed by atoms with Crippen molar-refractivity contribution in [3.8, 4) is 0 Å². The van der Waals surface area contributed by atoms with Gasteiger partial charge in [0.25, 0.3) is 0 Å². The highest BCUT2D eigenvalue weighted by Crippen LogP contribution is 2.39. The molecule has 2 aromatic rings. The molecule has 0 spiro atoms. The van der Waals surface area contributed by atoms with Crippen molar-refractivity contribution < 1.29 is 9.18 Å². The summed E-state index contributed by atoms with van der Waals surface area (Å²) in [6.45, 7) is 0.990. The van der Waals surface area contributed by atoms with Crippen molar-refractivity contribution in [2.75, 3.05) is 18.0 Å². The Balaban J connectivity index is 1.54. The quantitative estimate of drug-likeness (QED) is 0.891. The van der Waals surface area contributed by atoms with Crippen molar-refractivity contribution in [2.45, 2.75) is 25.3 Å². The maximum Gasteiger partial charge on any atom is 0.230 e. The molecule has 2 fully saturated rings. The Kier molecular flexibility index (Phi) is 4.12. The molecule has 1 saturated carbocycles. The molecule has 1 saturated heterocycles. The summed E-state index contributed by atoms with van der Waals surface area (Å²) in [6, 6.07) is 9.53. The molecule has 1 aliphatic heterocycles. The van der Waals surface area contributed by atoms with Crippen LogP contribution < -0.4 is 10.2 Å². The molecular weight excluding hydrogens is 341 g/mol. The number of hydrogen-bond acceptors (Lipinski definition) is 3. The molecule has 0 bridgehead atoms. The van der Waals surface area contributed by atoms with E-state index in [0.717, 1.165) is 18.4 Å². The second kappa shape index (κ2) is 6.30. The van der Waals surface area contributed by atoms with Gasteiger partial charge >= 0.3 is 0 Å². The summed E-state index contributed by atoms with van der Waals surface area (Å²) in [5.74, 6) is -0.291. The molecule has 1 aromatic carbocycles. The number of amides is 1. The molecular formula is C19H19ClFN3O.